The van der Waals surface area contributed by atoms with E-state index < -0.39 is 11.2 Å². The lowest BCUT2D eigenvalue weighted by atomic mass is 9.89. The number of ether oxygens (including phenoxy) is 1. The van der Waals surface area contributed by atoms with E-state index in [4.69, 9.17) is 4.74 Å². The third-order valence-electron chi connectivity index (χ3n) is 8.28. The van der Waals surface area contributed by atoms with Crippen LogP contribution in [0.25, 0.3) is 38.6 Å². The van der Waals surface area contributed by atoms with Crippen LogP contribution in [-0.2, 0) is 15.9 Å². The van der Waals surface area contributed by atoms with Gasteiger partial charge in [-0.2, -0.15) is 5.10 Å². The highest BCUT2D eigenvalue weighted by Crippen LogP contribution is 2.44. The second kappa shape index (κ2) is 10.1. The smallest absolute Gasteiger partial charge is 0.254 e. The summed E-state index contributed by atoms with van der Waals surface area (Å²) in [6.45, 7) is 2.44. The summed E-state index contributed by atoms with van der Waals surface area (Å²) in [6, 6.07) is 18.7. The Bertz CT molecular complexity index is 1700. The molecule has 1 atom stereocenters. The fourth-order valence-corrected chi connectivity index (χ4v) is 6.83. The molecule has 204 valence electrons. The fourth-order valence-electron chi connectivity index (χ4n) is 6.05. The zero-order valence-electron chi connectivity index (χ0n) is 22.1. The van der Waals surface area contributed by atoms with Gasteiger partial charge in [0.25, 0.3) is 5.91 Å². The number of H-pyrrole nitrogens is 1. The second-order valence-corrected chi connectivity index (χ2v) is 12.4. The second-order valence-electron chi connectivity index (χ2n) is 10.7. The molecule has 1 unspecified atom stereocenters. The quantitative estimate of drug-likeness (QED) is 0.294. The van der Waals surface area contributed by atoms with Crippen molar-refractivity contribution in [3.8, 4) is 16.8 Å². The predicted octanol–water partition coefficient (Wildman–Crippen LogP) is 5.41. The number of nitrogens with one attached hydrogen (secondary N) is 1. The van der Waals surface area contributed by atoms with Crippen molar-refractivity contribution in [1.29, 1.82) is 0 Å². The molecule has 2 aromatic heterocycles. The molecule has 2 saturated heterocycles. The Hall–Kier alpha value is -3.66. The van der Waals surface area contributed by atoms with Gasteiger partial charge in [0.2, 0.25) is 0 Å². The summed E-state index contributed by atoms with van der Waals surface area (Å²) >= 11 is -0.920. The van der Waals surface area contributed by atoms with E-state index >= 15 is 0 Å². The fraction of sp³-hybridized carbons (Fsp3) is 0.290. The zero-order chi connectivity index (χ0) is 27.4. The van der Waals surface area contributed by atoms with Gasteiger partial charge in [-0.15, -0.1) is 0 Å². The van der Waals surface area contributed by atoms with Gasteiger partial charge in [-0.25, -0.2) is 4.39 Å². The van der Waals surface area contributed by atoms with Crippen molar-refractivity contribution < 1.29 is 18.5 Å². The van der Waals surface area contributed by atoms with Crippen molar-refractivity contribution in [3.63, 3.8) is 0 Å². The average Bonchev–Trinajstić information content (AvgIpc) is 3.53. The highest BCUT2D eigenvalue weighted by molar-refractivity contribution is 7.91. The van der Waals surface area contributed by atoms with Crippen molar-refractivity contribution >= 4 is 38.9 Å². The van der Waals surface area contributed by atoms with Crippen LogP contribution < -0.4 is 0 Å². The normalized spacial score (nSPS) is 17.4. The summed E-state index contributed by atoms with van der Waals surface area (Å²) in [7, 11) is 0. The maximum atomic E-state index is 14.0. The Balaban J connectivity index is 1.39. The molecular weight excluding hydrogens is 527 g/mol. The predicted molar refractivity (Wildman–Crippen MR) is 155 cm³/mol. The molecule has 5 aromatic rings. The molecular formula is C31H29FN4O3S. The molecule has 0 spiro atoms. The maximum absolute atomic E-state index is 14.0. The number of fused-ring (bicyclic) bond motifs is 2. The molecule has 4 heterocycles. The van der Waals surface area contributed by atoms with Gasteiger partial charge in [-0.3, -0.25) is 9.89 Å². The van der Waals surface area contributed by atoms with Crippen molar-refractivity contribution in [3.05, 3.63) is 83.9 Å². The molecule has 7 rings (SSSR count). The van der Waals surface area contributed by atoms with E-state index in [0.29, 0.717) is 31.9 Å². The van der Waals surface area contributed by atoms with Gasteiger partial charge in [0.1, 0.15) is 11.1 Å². The number of aromatic nitrogens is 3. The SMILES string of the molecule is C[S+]([O-])C1CN(C(=O)c2ccc(-c3c(C4CCOCC4)n(-c4ccc(F)cc4)c4cc5cn[nH]c5cc34)cc2)C1. The first-order valence-corrected chi connectivity index (χ1v) is 15.2. The summed E-state index contributed by atoms with van der Waals surface area (Å²) in [5, 5.41) is 9.48. The summed E-state index contributed by atoms with van der Waals surface area (Å²) in [5.41, 5.74) is 6.77. The highest BCUT2D eigenvalue weighted by Gasteiger charge is 2.37. The van der Waals surface area contributed by atoms with Crippen LogP contribution in [0.4, 0.5) is 4.39 Å². The number of carbonyl (C=O) groups is 1. The van der Waals surface area contributed by atoms with E-state index in [0.717, 1.165) is 51.5 Å². The van der Waals surface area contributed by atoms with Gasteiger partial charge in [-0.1, -0.05) is 23.3 Å². The van der Waals surface area contributed by atoms with Crippen LogP contribution in [-0.4, -0.2) is 67.9 Å². The van der Waals surface area contributed by atoms with Gasteiger partial charge in [-0.05, 0) is 66.9 Å². The van der Waals surface area contributed by atoms with Gasteiger partial charge in [0, 0.05) is 52.4 Å². The van der Waals surface area contributed by atoms with Crippen LogP contribution >= 0.6 is 0 Å². The summed E-state index contributed by atoms with van der Waals surface area (Å²) in [4.78, 5) is 14.8. The minimum Gasteiger partial charge on any atom is -0.616 e. The van der Waals surface area contributed by atoms with Crippen LogP contribution in [0.3, 0.4) is 0 Å². The van der Waals surface area contributed by atoms with E-state index in [-0.39, 0.29) is 22.9 Å². The van der Waals surface area contributed by atoms with Crippen LogP contribution in [0.2, 0.25) is 0 Å². The Kier molecular flexibility index (Phi) is 6.37. The standard InChI is InChI=1S/C31H29FN4O3S/c1-40(38)25-17-35(18-25)31(37)21-4-2-19(3-5-21)29-26-15-27-22(16-33-34-27)14-28(26)36(24-8-6-23(32)7-9-24)30(29)20-10-12-39-13-11-20/h2-9,14-16,20,25H,10-13,17-18H2,1H3,(H,33,34). The third-order valence-corrected chi connectivity index (χ3v) is 9.52. The Labute approximate surface area is 234 Å². The first kappa shape index (κ1) is 25.3. The lowest BCUT2D eigenvalue weighted by Gasteiger charge is -2.38. The van der Waals surface area contributed by atoms with Crippen LogP contribution in [0.5, 0.6) is 0 Å². The largest absolute Gasteiger partial charge is 0.616 e. The number of rotatable bonds is 5. The first-order chi connectivity index (χ1) is 19.5. The zero-order valence-corrected chi connectivity index (χ0v) is 22.9. The van der Waals surface area contributed by atoms with E-state index in [2.05, 4.69) is 26.9 Å². The number of hydrogen-bond acceptors (Lipinski definition) is 4. The number of aromatic amines is 1. The van der Waals surface area contributed by atoms with Gasteiger partial charge in [0.15, 0.2) is 0 Å². The molecule has 0 aliphatic carbocycles. The molecule has 2 aliphatic heterocycles. The minimum absolute atomic E-state index is 0.0363. The average molecular weight is 557 g/mol. The van der Waals surface area contributed by atoms with E-state index in [1.54, 1.807) is 11.2 Å². The van der Waals surface area contributed by atoms with Crippen molar-refractivity contribution in [2.75, 3.05) is 32.6 Å². The van der Waals surface area contributed by atoms with Gasteiger partial charge < -0.3 is 18.8 Å². The van der Waals surface area contributed by atoms with E-state index in [9.17, 15) is 13.7 Å². The molecule has 40 heavy (non-hydrogen) atoms. The van der Waals surface area contributed by atoms with Gasteiger partial charge in [0.05, 0.1) is 36.6 Å². The Morgan fingerprint density at radius 3 is 2.50 bits per heavy atom. The topological polar surface area (TPSA) is 86.2 Å². The molecule has 1 N–H and O–H groups in total. The first-order valence-electron chi connectivity index (χ1n) is 13.5. The van der Waals surface area contributed by atoms with Crippen LogP contribution in [0.1, 0.15) is 34.8 Å². The number of hydrogen-bond donors (Lipinski definition) is 1. The van der Waals surface area contributed by atoms with Crippen molar-refractivity contribution in [1.82, 2.24) is 19.7 Å². The van der Waals surface area contributed by atoms with Crippen molar-refractivity contribution in [2.24, 2.45) is 0 Å². The monoisotopic (exact) mass is 556 g/mol. The Morgan fingerprint density at radius 2 is 1.80 bits per heavy atom. The summed E-state index contributed by atoms with van der Waals surface area (Å²) in [5.74, 6) is -0.0676. The number of carbonyl (C=O) groups excluding carboxylic acids is 1. The lowest BCUT2D eigenvalue weighted by molar-refractivity contribution is 0.0659. The number of halogens is 1. The van der Waals surface area contributed by atoms with Crippen molar-refractivity contribution in [2.45, 2.75) is 24.0 Å². The summed E-state index contributed by atoms with van der Waals surface area (Å²) < 4.78 is 33.7. The van der Waals surface area contributed by atoms with Gasteiger partial charge >= 0.3 is 0 Å². The third kappa shape index (κ3) is 4.29. The number of benzene rings is 3. The molecule has 7 nitrogen and oxygen atoms in total. The number of nitrogens with zero attached hydrogens (tertiary/aromatic N) is 3. The molecule has 3 aromatic carbocycles. The van der Waals surface area contributed by atoms with E-state index in [1.807, 2.05) is 42.6 Å². The maximum Gasteiger partial charge on any atom is 0.254 e. The number of likely N-dealkylation sites (tertiary alicyclic amines) is 1. The number of amides is 1. The lowest BCUT2D eigenvalue weighted by Crippen LogP contribution is -2.56. The van der Waals surface area contributed by atoms with E-state index in [1.165, 1.54) is 17.8 Å². The highest BCUT2D eigenvalue weighted by atomic mass is 32.2. The molecule has 0 saturated carbocycles. The Morgan fingerprint density at radius 1 is 1.07 bits per heavy atom. The molecule has 2 aliphatic rings. The molecule has 0 bridgehead atoms. The van der Waals surface area contributed by atoms with Crippen LogP contribution in [0, 0.1) is 5.82 Å². The minimum atomic E-state index is -0.920. The van der Waals surface area contributed by atoms with Crippen LogP contribution in [0.15, 0.2) is 66.9 Å². The molecule has 9 heteroatoms. The molecule has 1 amide bonds. The molecule has 2 fully saturated rings. The summed E-state index contributed by atoms with van der Waals surface area (Å²) in [6.07, 6.45) is 5.28. The molecule has 0 radical (unpaired) electrons.